The van der Waals surface area contributed by atoms with Crippen LogP contribution >= 0.6 is 12.4 Å². The van der Waals surface area contributed by atoms with Gasteiger partial charge in [0.05, 0.1) is 5.54 Å². The molecule has 0 unspecified atom stereocenters. The van der Waals surface area contributed by atoms with E-state index in [1.807, 2.05) is 0 Å². The standard InChI is InChI=1S/C5H9F2N.ClH/c1-4(6,7)5(8)2-3-5;/h2-3,8H2,1H3;1H. The van der Waals surface area contributed by atoms with E-state index in [2.05, 4.69) is 0 Å². The first kappa shape index (κ1) is 9.11. The van der Waals surface area contributed by atoms with Crippen LogP contribution in [0.5, 0.6) is 0 Å². The van der Waals surface area contributed by atoms with Crippen molar-refractivity contribution in [1.82, 2.24) is 0 Å². The Morgan fingerprint density at radius 2 is 1.78 bits per heavy atom. The van der Waals surface area contributed by atoms with Gasteiger partial charge in [-0.1, -0.05) is 0 Å². The summed E-state index contributed by atoms with van der Waals surface area (Å²) in [6.07, 6.45) is 0.938. The van der Waals surface area contributed by atoms with E-state index in [-0.39, 0.29) is 12.4 Å². The van der Waals surface area contributed by atoms with E-state index in [1.54, 1.807) is 0 Å². The molecule has 0 radical (unpaired) electrons. The van der Waals surface area contributed by atoms with E-state index in [1.165, 1.54) is 0 Å². The third-order valence-electron chi connectivity index (χ3n) is 1.66. The summed E-state index contributed by atoms with van der Waals surface area (Å²) < 4.78 is 24.3. The van der Waals surface area contributed by atoms with Crippen molar-refractivity contribution in [2.75, 3.05) is 0 Å². The van der Waals surface area contributed by atoms with Crippen molar-refractivity contribution in [3.05, 3.63) is 0 Å². The first-order valence-electron chi connectivity index (χ1n) is 2.62. The molecule has 0 atom stereocenters. The van der Waals surface area contributed by atoms with Crippen LogP contribution in [-0.2, 0) is 0 Å². The smallest absolute Gasteiger partial charge is 0.262 e. The Morgan fingerprint density at radius 3 is 1.78 bits per heavy atom. The Labute approximate surface area is 59.0 Å². The van der Waals surface area contributed by atoms with E-state index < -0.39 is 11.5 Å². The fourth-order valence-electron chi connectivity index (χ4n) is 0.574. The molecule has 2 N–H and O–H groups in total. The molecule has 9 heavy (non-hydrogen) atoms. The minimum atomic E-state index is -2.67. The molecular weight excluding hydrogens is 148 g/mol. The molecule has 1 rings (SSSR count). The molecule has 1 aliphatic rings. The van der Waals surface area contributed by atoms with Crippen LogP contribution in [0.2, 0.25) is 0 Å². The Bertz CT molecular complexity index is 103. The highest BCUT2D eigenvalue weighted by atomic mass is 35.5. The molecule has 1 nitrogen and oxygen atoms in total. The van der Waals surface area contributed by atoms with Gasteiger partial charge in [0.1, 0.15) is 0 Å². The van der Waals surface area contributed by atoms with Gasteiger partial charge in [-0.25, -0.2) is 8.78 Å². The van der Waals surface area contributed by atoms with Crippen molar-refractivity contribution < 1.29 is 8.78 Å². The summed E-state index contributed by atoms with van der Waals surface area (Å²) in [5.74, 6) is -2.67. The number of halogens is 3. The average Bonchev–Trinajstić information content (AvgIpc) is 2.16. The zero-order chi connectivity index (χ0) is 6.41. The number of hydrogen-bond acceptors (Lipinski definition) is 1. The second kappa shape index (κ2) is 2.06. The maximum Gasteiger partial charge on any atom is 0.262 e. The van der Waals surface area contributed by atoms with Crippen molar-refractivity contribution in [2.45, 2.75) is 31.2 Å². The molecule has 1 saturated carbocycles. The molecule has 0 saturated heterocycles. The van der Waals surface area contributed by atoms with Crippen LogP contribution in [0.4, 0.5) is 8.78 Å². The number of alkyl halides is 2. The second-order valence-electron chi connectivity index (χ2n) is 2.54. The molecule has 1 fully saturated rings. The lowest BCUT2D eigenvalue weighted by Gasteiger charge is -2.16. The Hall–Kier alpha value is 0.110. The lowest BCUT2D eigenvalue weighted by molar-refractivity contribution is -0.0160. The van der Waals surface area contributed by atoms with Crippen LogP contribution in [0.3, 0.4) is 0 Å². The van der Waals surface area contributed by atoms with E-state index in [0.29, 0.717) is 12.8 Å². The number of hydrogen-bond donors (Lipinski definition) is 1. The summed E-state index contributed by atoms with van der Waals surface area (Å²) in [4.78, 5) is 0. The van der Waals surface area contributed by atoms with Gasteiger partial charge in [0.25, 0.3) is 5.92 Å². The zero-order valence-electron chi connectivity index (χ0n) is 5.16. The maximum absolute atomic E-state index is 12.2. The topological polar surface area (TPSA) is 26.0 Å². The highest BCUT2D eigenvalue weighted by molar-refractivity contribution is 5.85. The molecule has 0 aliphatic heterocycles. The van der Waals surface area contributed by atoms with E-state index >= 15 is 0 Å². The second-order valence-corrected chi connectivity index (χ2v) is 2.54. The van der Waals surface area contributed by atoms with Crippen molar-refractivity contribution in [1.29, 1.82) is 0 Å². The van der Waals surface area contributed by atoms with Gasteiger partial charge in [0, 0.05) is 6.92 Å². The fourth-order valence-corrected chi connectivity index (χ4v) is 0.574. The van der Waals surface area contributed by atoms with Gasteiger partial charge in [-0.15, -0.1) is 12.4 Å². The molecule has 56 valence electrons. The predicted octanol–water partition coefficient (Wildman–Crippen LogP) is 1.55. The largest absolute Gasteiger partial charge is 0.320 e. The minimum Gasteiger partial charge on any atom is -0.320 e. The van der Waals surface area contributed by atoms with Crippen LogP contribution in [-0.4, -0.2) is 11.5 Å². The molecule has 0 heterocycles. The predicted molar refractivity (Wildman–Crippen MR) is 34.0 cm³/mol. The third-order valence-corrected chi connectivity index (χ3v) is 1.66. The van der Waals surface area contributed by atoms with Gasteiger partial charge < -0.3 is 5.73 Å². The van der Waals surface area contributed by atoms with Crippen LogP contribution in [0.1, 0.15) is 19.8 Å². The summed E-state index contributed by atoms with van der Waals surface area (Å²) in [5.41, 5.74) is 4.03. The van der Waals surface area contributed by atoms with Gasteiger partial charge >= 0.3 is 0 Å². The summed E-state index contributed by atoms with van der Waals surface area (Å²) in [6.45, 7) is 0.875. The maximum atomic E-state index is 12.2. The summed E-state index contributed by atoms with van der Waals surface area (Å²) in [7, 11) is 0. The fraction of sp³-hybridized carbons (Fsp3) is 1.00. The minimum absolute atomic E-state index is 0. The molecule has 1 aliphatic carbocycles. The van der Waals surface area contributed by atoms with E-state index in [4.69, 9.17) is 5.73 Å². The van der Waals surface area contributed by atoms with Gasteiger partial charge in [0.15, 0.2) is 0 Å². The van der Waals surface area contributed by atoms with E-state index in [9.17, 15) is 8.78 Å². The number of rotatable bonds is 1. The van der Waals surface area contributed by atoms with Gasteiger partial charge in [-0.3, -0.25) is 0 Å². The van der Waals surface area contributed by atoms with E-state index in [0.717, 1.165) is 6.92 Å². The van der Waals surface area contributed by atoms with Crippen molar-refractivity contribution in [3.63, 3.8) is 0 Å². The Balaban J connectivity index is 0.000000640. The van der Waals surface area contributed by atoms with Crippen LogP contribution in [0, 0.1) is 0 Å². The summed E-state index contributed by atoms with van der Waals surface area (Å²) >= 11 is 0. The number of nitrogens with two attached hydrogens (primary N) is 1. The van der Waals surface area contributed by atoms with Crippen LogP contribution in [0.25, 0.3) is 0 Å². The molecular formula is C5H10ClF2N. The lowest BCUT2D eigenvalue weighted by atomic mass is 10.1. The highest BCUT2D eigenvalue weighted by Crippen LogP contribution is 2.45. The molecule has 0 bridgehead atoms. The SMILES string of the molecule is CC(F)(F)C1(N)CC1.Cl. The van der Waals surface area contributed by atoms with Crippen molar-refractivity contribution in [2.24, 2.45) is 5.73 Å². The Kier molecular flexibility index (Phi) is 2.08. The van der Waals surface area contributed by atoms with Gasteiger partial charge in [-0.2, -0.15) is 0 Å². The zero-order valence-corrected chi connectivity index (χ0v) is 5.97. The summed E-state index contributed by atoms with van der Waals surface area (Å²) in [5, 5.41) is 0. The van der Waals surface area contributed by atoms with Crippen molar-refractivity contribution in [3.8, 4) is 0 Å². The van der Waals surface area contributed by atoms with Gasteiger partial charge in [-0.05, 0) is 12.8 Å². The van der Waals surface area contributed by atoms with Crippen molar-refractivity contribution >= 4 is 12.4 Å². The normalized spacial score (nSPS) is 22.7. The molecule has 0 spiro atoms. The monoisotopic (exact) mass is 157 g/mol. The van der Waals surface area contributed by atoms with Crippen LogP contribution in [0.15, 0.2) is 0 Å². The first-order chi connectivity index (χ1) is 3.46. The van der Waals surface area contributed by atoms with Crippen LogP contribution < -0.4 is 5.73 Å². The third kappa shape index (κ3) is 1.52. The summed E-state index contributed by atoms with van der Waals surface area (Å²) in [6, 6.07) is 0. The molecule has 0 amide bonds. The molecule has 0 aromatic rings. The Morgan fingerprint density at radius 1 is 1.44 bits per heavy atom. The van der Waals surface area contributed by atoms with Gasteiger partial charge in [0.2, 0.25) is 0 Å². The molecule has 0 aromatic heterocycles. The average molecular weight is 158 g/mol. The quantitative estimate of drug-likeness (QED) is 0.614. The molecule has 0 aromatic carbocycles. The first-order valence-corrected chi connectivity index (χ1v) is 2.62. The highest BCUT2D eigenvalue weighted by Gasteiger charge is 2.55. The lowest BCUT2D eigenvalue weighted by Crippen LogP contribution is -2.40. The molecule has 4 heteroatoms.